The summed E-state index contributed by atoms with van der Waals surface area (Å²) >= 11 is 0. The molecule has 1 amide bonds. The summed E-state index contributed by atoms with van der Waals surface area (Å²) in [6.07, 6.45) is 11.0. The van der Waals surface area contributed by atoms with E-state index < -0.39 is 17.7 Å². The van der Waals surface area contributed by atoms with Gasteiger partial charge in [-0.3, -0.25) is 9.69 Å². The number of carbonyl (C=O) groups excluding carboxylic acids is 1. The number of aromatic hydroxyl groups is 1. The van der Waals surface area contributed by atoms with E-state index in [1.165, 1.54) is 36.4 Å². The number of anilines is 1. The zero-order valence-electron chi connectivity index (χ0n) is 26.8. The van der Waals surface area contributed by atoms with Crippen molar-refractivity contribution in [2.75, 3.05) is 50.9 Å². The molecule has 0 bridgehead atoms. The molecule has 0 saturated carbocycles. The Morgan fingerprint density at radius 2 is 2.02 bits per heavy atom. The molecule has 12 heteroatoms. The van der Waals surface area contributed by atoms with Gasteiger partial charge in [-0.25, -0.2) is 8.78 Å². The molecule has 10 nitrogen and oxygen atoms in total. The number of rotatable bonds is 7. The summed E-state index contributed by atoms with van der Waals surface area (Å²) in [5.41, 5.74) is -0.648. The minimum absolute atomic E-state index is 0.0434. The van der Waals surface area contributed by atoms with Gasteiger partial charge < -0.3 is 24.8 Å². The van der Waals surface area contributed by atoms with Crippen LogP contribution in [-0.4, -0.2) is 83.5 Å². The fraction of sp³-hybridized carbons (Fsp3) is 0.351. The molecule has 0 radical (unpaired) electrons. The molecule has 0 aliphatic carbocycles. The van der Waals surface area contributed by atoms with E-state index in [1.54, 1.807) is 0 Å². The lowest BCUT2D eigenvalue weighted by Crippen LogP contribution is -2.44. The second kappa shape index (κ2) is 13.0. The first-order chi connectivity index (χ1) is 23.7. The number of fused-ring (bicyclic) bond motifs is 3. The maximum absolute atomic E-state index is 17.2. The highest BCUT2D eigenvalue weighted by Gasteiger charge is 2.45. The van der Waals surface area contributed by atoms with E-state index in [2.05, 4.69) is 33.8 Å². The molecular formula is C37H34F2N6O4. The molecule has 1 unspecified atom stereocenters. The lowest BCUT2D eigenvalue weighted by molar-refractivity contribution is -0.117. The summed E-state index contributed by atoms with van der Waals surface area (Å²) in [6.45, 7) is 6.97. The molecule has 3 aromatic carbocycles. The Labute approximate surface area is 281 Å². The Hall–Kier alpha value is -5.30. The Morgan fingerprint density at radius 1 is 1.22 bits per heavy atom. The highest BCUT2D eigenvalue weighted by Crippen LogP contribution is 2.43. The van der Waals surface area contributed by atoms with Gasteiger partial charge in [-0.05, 0) is 80.1 Å². The van der Waals surface area contributed by atoms with E-state index in [0.29, 0.717) is 31.0 Å². The van der Waals surface area contributed by atoms with Crippen molar-refractivity contribution in [2.45, 2.75) is 37.3 Å². The molecule has 3 fully saturated rings. The molecule has 0 spiro atoms. The van der Waals surface area contributed by atoms with E-state index in [4.69, 9.17) is 20.9 Å². The van der Waals surface area contributed by atoms with Gasteiger partial charge in [0.25, 0.3) is 0 Å². The van der Waals surface area contributed by atoms with E-state index in [9.17, 15) is 19.6 Å². The molecule has 4 heterocycles. The van der Waals surface area contributed by atoms with Gasteiger partial charge in [-0.1, -0.05) is 18.6 Å². The first kappa shape index (κ1) is 32.3. The SMILES string of the molecule is C#Cc1c(F)ccc2cc(O)cc(-c3c(C#N)cc4c(N5CCOCC(NC(=O)C=C)C5)nc(OCC56CCCN5CCC6)nc4c3F)c12. The van der Waals surface area contributed by atoms with Crippen LogP contribution in [0.25, 0.3) is 32.8 Å². The van der Waals surface area contributed by atoms with Crippen LogP contribution in [0, 0.1) is 35.3 Å². The molecule has 250 valence electrons. The summed E-state index contributed by atoms with van der Waals surface area (Å²) in [4.78, 5) is 25.8. The molecule has 49 heavy (non-hydrogen) atoms. The van der Waals surface area contributed by atoms with Crippen molar-refractivity contribution in [3.63, 3.8) is 0 Å². The predicted octanol–water partition coefficient (Wildman–Crippen LogP) is 4.80. The number of nitriles is 1. The first-order valence-electron chi connectivity index (χ1n) is 16.3. The average molecular weight is 665 g/mol. The minimum Gasteiger partial charge on any atom is -0.508 e. The van der Waals surface area contributed by atoms with Crippen LogP contribution in [0.4, 0.5) is 14.6 Å². The van der Waals surface area contributed by atoms with E-state index in [0.717, 1.165) is 38.8 Å². The minimum atomic E-state index is -0.884. The summed E-state index contributed by atoms with van der Waals surface area (Å²) in [6, 6.07) is 8.35. The topological polar surface area (TPSA) is 124 Å². The number of phenolic OH excluding ortho intramolecular Hbond substituents is 1. The van der Waals surface area contributed by atoms with E-state index >= 15 is 4.39 Å². The van der Waals surface area contributed by atoms with Gasteiger partial charge >= 0.3 is 6.01 Å². The van der Waals surface area contributed by atoms with Gasteiger partial charge in [-0.2, -0.15) is 15.2 Å². The Kier molecular flexibility index (Phi) is 8.53. The smallest absolute Gasteiger partial charge is 0.319 e. The Balaban J connectivity index is 1.43. The lowest BCUT2D eigenvalue weighted by Gasteiger charge is -2.31. The number of terminal acetylenes is 1. The Morgan fingerprint density at radius 3 is 2.76 bits per heavy atom. The molecule has 1 atom stereocenters. The number of nitrogens with one attached hydrogen (secondary N) is 1. The summed E-state index contributed by atoms with van der Waals surface area (Å²) in [7, 11) is 0. The predicted molar refractivity (Wildman–Crippen MR) is 180 cm³/mol. The molecule has 4 aromatic rings. The van der Waals surface area contributed by atoms with Crippen molar-refractivity contribution in [3.8, 4) is 41.3 Å². The van der Waals surface area contributed by atoms with Gasteiger partial charge in [0.15, 0.2) is 5.82 Å². The zero-order valence-corrected chi connectivity index (χ0v) is 26.8. The van der Waals surface area contributed by atoms with E-state index in [1.807, 2.05) is 4.90 Å². The number of benzene rings is 3. The van der Waals surface area contributed by atoms with Gasteiger partial charge in [0.1, 0.15) is 29.5 Å². The fourth-order valence-electron chi connectivity index (χ4n) is 7.62. The van der Waals surface area contributed by atoms with Crippen molar-refractivity contribution < 1.29 is 28.2 Å². The van der Waals surface area contributed by atoms with E-state index in [-0.39, 0.29) is 74.9 Å². The molecular weight excluding hydrogens is 630 g/mol. The molecule has 2 N–H and O–H groups in total. The van der Waals surface area contributed by atoms with Gasteiger partial charge in [0.05, 0.1) is 42.0 Å². The molecule has 3 aliphatic rings. The van der Waals surface area contributed by atoms with Crippen molar-refractivity contribution in [1.29, 1.82) is 5.26 Å². The normalized spacial score (nSPS) is 18.9. The fourth-order valence-corrected chi connectivity index (χ4v) is 7.62. The van der Waals surface area contributed by atoms with Gasteiger partial charge in [-0.15, -0.1) is 6.42 Å². The number of nitrogens with zero attached hydrogens (tertiary/aromatic N) is 5. The van der Waals surface area contributed by atoms with Crippen LogP contribution in [0.5, 0.6) is 11.8 Å². The van der Waals surface area contributed by atoms with Crippen molar-refractivity contribution in [2.24, 2.45) is 0 Å². The maximum atomic E-state index is 17.2. The standard InChI is InChI=1S/C37H34F2N6O4/c1-3-26-29(38)8-7-22-15-25(46)17-27(31(22)26)32-23(18-40)16-28-34(33(32)39)42-36(49-21-37-9-5-11-45(37)12-6-10-37)43-35(28)44-13-14-48-20-24(19-44)41-30(47)4-2/h1,4,7-8,15-17,24,46H,2,5-6,9-14,19-21H2,(H,41,47). The summed E-state index contributed by atoms with van der Waals surface area (Å²) in [5, 5.41) is 24.7. The van der Waals surface area contributed by atoms with Crippen LogP contribution >= 0.6 is 0 Å². The van der Waals surface area contributed by atoms with Crippen LogP contribution in [0.2, 0.25) is 0 Å². The van der Waals surface area contributed by atoms with Crippen LogP contribution in [-0.2, 0) is 9.53 Å². The number of amides is 1. The number of ether oxygens (including phenoxy) is 2. The van der Waals surface area contributed by atoms with Crippen LogP contribution in [0.1, 0.15) is 36.8 Å². The monoisotopic (exact) mass is 664 g/mol. The van der Waals surface area contributed by atoms with Crippen LogP contribution in [0.3, 0.4) is 0 Å². The number of phenols is 1. The van der Waals surface area contributed by atoms with Crippen LogP contribution < -0.4 is 15.0 Å². The number of aromatic nitrogens is 2. The number of halogens is 2. The lowest BCUT2D eigenvalue weighted by atomic mass is 9.90. The third kappa shape index (κ3) is 5.77. The molecule has 1 aromatic heterocycles. The molecule has 3 saturated heterocycles. The summed E-state index contributed by atoms with van der Waals surface area (Å²) in [5.74, 6) is 0.475. The summed E-state index contributed by atoms with van der Waals surface area (Å²) < 4.78 is 44.3. The highest BCUT2D eigenvalue weighted by molar-refractivity contribution is 6.05. The largest absolute Gasteiger partial charge is 0.508 e. The quantitative estimate of drug-likeness (QED) is 0.212. The van der Waals surface area contributed by atoms with Crippen molar-refractivity contribution in [1.82, 2.24) is 20.2 Å². The van der Waals surface area contributed by atoms with Crippen molar-refractivity contribution in [3.05, 3.63) is 65.7 Å². The zero-order chi connectivity index (χ0) is 34.3. The Bertz CT molecular complexity index is 2080. The highest BCUT2D eigenvalue weighted by atomic mass is 19.1. The maximum Gasteiger partial charge on any atom is 0.319 e. The van der Waals surface area contributed by atoms with Crippen LogP contribution in [0.15, 0.2) is 43.0 Å². The second-order valence-corrected chi connectivity index (χ2v) is 12.7. The van der Waals surface area contributed by atoms with Crippen molar-refractivity contribution >= 4 is 33.4 Å². The average Bonchev–Trinajstić information content (AvgIpc) is 3.60. The first-order valence-corrected chi connectivity index (χ1v) is 16.3. The molecule has 7 rings (SSSR count). The number of hydrogen-bond donors (Lipinski definition) is 2. The van der Waals surface area contributed by atoms with Gasteiger partial charge in [0, 0.05) is 29.4 Å². The third-order valence-corrected chi connectivity index (χ3v) is 9.85. The number of carbonyl (C=O) groups is 1. The molecule has 3 aliphatic heterocycles. The second-order valence-electron chi connectivity index (χ2n) is 12.7. The number of hydrogen-bond acceptors (Lipinski definition) is 9. The third-order valence-electron chi connectivity index (χ3n) is 9.85. The van der Waals surface area contributed by atoms with Gasteiger partial charge in [0.2, 0.25) is 5.91 Å².